The lowest BCUT2D eigenvalue weighted by atomic mass is 10.1. The number of allylic oxidation sites excluding steroid dienone is 3. The van der Waals surface area contributed by atoms with Gasteiger partial charge in [0.15, 0.2) is 0 Å². The van der Waals surface area contributed by atoms with Crippen molar-refractivity contribution in [1.29, 1.82) is 5.26 Å². The maximum absolute atomic E-state index is 8.25. The van der Waals surface area contributed by atoms with Gasteiger partial charge in [0.2, 0.25) is 8.53 Å². The zero-order chi connectivity index (χ0) is 11.4. The molecule has 0 saturated carbocycles. The zero-order valence-corrected chi connectivity index (χ0v) is 9.19. The van der Waals surface area contributed by atoms with Gasteiger partial charge in [-0.3, -0.25) is 5.50 Å². The van der Waals surface area contributed by atoms with Crippen LogP contribution in [0, 0.1) is 17.2 Å². The Morgan fingerprint density at radius 2 is 2.14 bits per heavy atom. The van der Waals surface area contributed by atoms with Gasteiger partial charge in [0, 0.05) is 6.42 Å². The maximum atomic E-state index is 8.25. The van der Waals surface area contributed by atoms with E-state index in [1.807, 2.05) is 6.08 Å². The van der Waals surface area contributed by atoms with E-state index in [-0.39, 0.29) is 0 Å². The van der Waals surface area contributed by atoms with E-state index < -0.39 is 8.53 Å². The van der Waals surface area contributed by atoms with E-state index in [9.17, 15) is 0 Å². The number of nitrogens with zero attached hydrogens (tertiary/aromatic N) is 1. The molecule has 0 aliphatic heterocycles. The smallest absolute Gasteiger partial charge is 0.247 e. The highest BCUT2D eigenvalue weighted by molar-refractivity contribution is 7.42. The van der Waals surface area contributed by atoms with Gasteiger partial charge in [-0.1, -0.05) is 31.7 Å². The van der Waals surface area contributed by atoms with Crippen molar-refractivity contribution in [2.75, 3.05) is 0 Å². The number of rotatable bonds is 4. The average molecular weight is 216 g/mol. The molecule has 0 aliphatic rings. The van der Waals surface area contributed by atoms with Crippen molar-refractivity contribution >= 4 is 8.53 Å². The van der Waals surface area contributed by atoms with Crippen LogP contribution in [-0.2, 0) is 0 Å². The van der Waals surface area contributed by atoms with Crippen molar-refractivity contribution in [3.63, 3.8) is 0 Å². The summed E-state index contributed by atoms with van der Waals surface area (Å²) < 4.78 is 0. The molecule has 0 aromatic carbocycles. The number of nitriles is 1. The maximum Gasteiger partial charge on any atom is 0.247 e. The van der Waals surface area contributed by atoms with Crippen LogP contribution >= 0.6 is 8.53 Å². The minimum Gasteiger partial charge on any atom is -0.338 e. The Kier molecular flexibility index (Phi) is 13.8. The summed E-state index contributed by atoms with van der Waals surface area (Å²) in [6.07, 6.45) is 7.32. The molecule has 4 N–H and O–H groups in total. The van der Waals surface area contributed by atoms with Gasteiger partial charge >= 0.3 is 0 Å². The highest BCUT2D eigenvalue weighted by atomic mass is 31.2. The number of hydrogen-bond donors (Lipinski definition) is 3. The highest BCUT2D eigenvalue weighted by Crippen LogP contribution is 2.05. The Labute approximate surface area is 86.3 Å². The Bertz CT molecular complexity index is 197. The fourth-order valence-corrected chi connectivity index (χ4v) is 0.657. The van der Waals surface area contributed by atoms with Gasteiger partial charge in [0.25, 0.3) is 0 Å². The van der Waals surface area contributed by atoms with Gasteiger partial charge in [-0.15, -0.1) is 0 Å². The fraction of sp³-hybridized carbons (Fsp3) is 0.444. The second-order valence-corrected chi connectivity index (χ2v) is 3.26. The van der Waals surface area contributed by atoms with Gasteiger partial charge in [-0.2, -0.15) is 5.26 Å². The lowest BCUT2D eigenvalue weighted by Crippen LogP contribution is -1.86. The highest BCUT2D eigenvalue weighted by Gasteiger charge is 1.93. The Morgan fingerprint density at radius 3 is 2.50 bits per heavy atom. The number of nitrogens with two attached hydrogens (primary N) is 1. The molecular formula is C9H17N2O2P. The van der Waals surface area contributed by atoms with Crippen molar-refractivity contribution in [1.82, 2.24) is 0 Å². The minimum absolute atomic E-state index is 0.498. The summed E-state index contributed by atoms with van der Waals surface area (Å²) in [7, 11) is -2.12. The number of hydrogen-bond acceptors (Lipinski definition) is 4. The van der Waals surface area contributed by atoms with Crippen LogP contribution in [0.2, 0.25) is 0 Å². The Hall–Kier alpha value is -0.720. The first kappa shape index (κ1) is 15.7. The quantitative estimate of drug-likeness (QED) is 0.494. The van der Waals surface area contributed by atoms with E-state index in [1.165, 1.54) is 0 Å². The van der Waals surface area contributed by atoms with Gasteiger partial charge in [0.05, 0.1) is 6.07 Å². The molecule has 80 valence electrons. The van der Waals surface area contributed by atoms with Crippen molar-refractivity contribution < 1.29 is 9.79 Å². The summed E-state index contributed by atoms with van der Waals surface area (Å²) in [5.74, 6) is 0.498. The molecule has 0 rings (SSSR count). The molecule has 0 fully saturated rings. The molecule has 1 unspecified atom stereocenters. The molecule has 0 aromatic heterocycles. The summed E-state index contributed by atoms with van der Waals surface area (Å²) in [6, 6.07) is 2.12. The molecule has 0 bridgehead atoms. The molecule has 0 aliphatic carbocycles. The summed E-state index contributed by atoms with van der Waals surface area (Å²) in [5, 5.41) is 8.25. The first-order valence-corrected chi connectivity index (χ1v) is 5.45. The van der Waals surface area contributed by atoms with Gasteiger partial charge in [-0.05, 0) is 12.3 Å². The largest absolute Gasteiger partial charge is 0.338 e. The van der Waals surface area contributed by atoms with Crippen molar-refractivity contribution in [2.24, 2.45) is 11.4 Å². The first-order chi connectivity index (χ1) is 6.54. The Morgan fingerprint density at radius 1 is 1.64 bits per heavy atom. The van der Waals surface area contributed by atoms with Crippen molar-refractivity contribution in [2.45, 2.75) is 19.8 Å². The lowest BCUT2D eigenvalue weighted by Gasteiger charge is -1.98. The second kappa shape index (κ2) is 12.3. The van der Waals surface area contributed by atoms with Crippen molar-refractivity contribution in [3.05, 3.63) is 24.8 Å². The van der Waals surface area contributed by atoms with E-state index in [0.717, 1.165) is 6.42 Å². The minimum atomic E-state index is -2.12. The van der Waals surface area contributed by atoms with E-state index in [1.54, 1.807) is 6.08 Å². The van der Waals surface area contributed by atoms with Crippen molar-refractivity contribution in [3.8, 4) is 6.07 Å². The molecule has 0 saturated heterocycles. The molecule has 5 heteroatoms. The monoisotopic (exact) mass is 216 g/mol. The van der Waals surface area contributed by atoms with Crippen LogP contribution in [-0.4, -0.2) is 9.79 Å². The summed E-state index contributed by atoms with van der Waals surface area (Å²) >= 11 is 0. The van der Waals surface area contributed by atoms with Crippen LogP contribution < -0.4 is 5.50 Å². The van der Waals surface area contributed by atoms with Gasteiger partial charge in [-0.25, -0.2) is 0 Å². The predicted molar refractivity (Wildman–Crippen MR) is 58.9 cm³/mol. The second-order valence-electron chi connectivity index (χ2n) is 2.62. The van der Waals surface area contributed by atoms with E-state index in [4.69, 9.17) is 15.0 Å². The van der Waals surface area contributed by atoms with E-state index >= 15 is 0 Å². The average Bonchev–Trinajstić information content (AvgIpc) is 2.10. The molecule has 4 nitrogen and oxygen atoms in total. The first-order valence-electron chi connectivity index (χ1n) is 4.13. The summed E-state index contributed by atoms with van der Waals surface area (Å²) in [4.78, 5) is 14.9. The lowest BCUT2D eigenvalue weighted by molar-refractivity contribution is 0.485. The molecule has 0 heterocycles. The van der Waals surface area contributed by atoms with Crippen LogP contribution in [0.5, 0.6) is 0 Å². The third kappa shape index (κ3) is 22.5. The van der Waals surface area contributed by atoms with E-state index in [0.29, 0.717) is 12.3 Å². The van der Waals surface area contributed by atoms with E-state index in [2.05, 4.69) is 31.2 Å². The molecule has 0 aromatic rings. The normalized spacial score (nSPS) is 11.7. The predicted octanol–water partition coefficient (Wildman–Crippen LogP) is 1.83. The fourth-order valence-electron chi connectivity index (χ4n) is 0.657. The molecule has 0 radical (unpaired) electrons. The third-order valence-electron chi connectivity index (χ3n) is 1.29. The van der Waals surface area contributed by atoms with Gasteiger partial charge < -0.3 is 9.79 Å². The van der Waals surface area contributed by atoms with Crippen LogP contribution in [0.4, 0.5) is 0 Å². The summed E-state index contributed by atoms with van der Waals surface area (Å²) in [5.41, 5.74) is 4.29. The van der Waals surface area contributed by atoms with Crippen LogP contribution in [0.15, 0.2) is 24.8 Å². The third-order valence-corrected chi connectivity index (χ3v) is 1.29. The molecule has 0 amide bonds. The Balaban J connectivity index is 0. The molecule has 14 heavy (non-hydrogen) atoms. The molecular weight excluding hydrogens is 199 g/mol. The van der Waals surface area contributed by atoms with Gasteiger partial charge in [0.1, 0.15) is 0 Å². The zero-order valence-electron chi connectivity index (χ0n) is 8.30. The van der Waals surface area contributed by atoms with Crippen LogP contribution in [0.25, 0.3) is 0 Å². The summed E-state index contributed by atoms with van der Waals surface area (Å²) in [6.45, 7) is 5.66. The SMILES string of the molecule is C=CC=CC(C)CCC#N.NP(O)O. The topological polar surface area (TPSA) is 90.3 Å². The van der Waals surface area contributed by atoms with Crippen LogP contribution in [0.3, 0.4) is 0 Å². The molecule has 0 spiro atoms. The molecule has 1 atom stereocenters. The van der Waals surface area contributed by atoms with Crippen LogP contribution in [0.1, 0.15) is 19.8 Å². The standard InChI is InChI=1S/C9H13N.H4NO2P/c1-3-4-6-9(2)7-5-8-10;1-4(2)3/h3-4,6,9H,1,5,7H2,2H3;2-3H,1H2.